The van der Waals surface area contributed by atoms with Crippen molar-refractivity contribution in [1.82, 2.24) is 19.7 Å². The number of anilines is 1. The van der Waals surface area contributed by atoms with E-state index in [1.54, 1.807) is 4.72 Å². The van der Waals surface area contributed by atoms with E-state index in [4.69, 9.17) is 9.47 Å². The molecule has 16 heteroatoms. The van der Waals surface area contributed by atoms with E-state index in [1.165, 1.54) is 14.2 Å². The Bertz CT molecular complexity index is 1080. The minimum absolute atomic E-state index is 0.230. The van der Waals surface area contributed by atoms with Crippen molar-refractivity contribution in [2.24, 2.45) is 0 Å². The minimum atomic E-state index is -4.75. The second-order valence-electron chi connectivity index (χ2n) is 5.09. The van der Waals surface area contributed by atoms with E-state index in [2.05, 4.69) is 19.7 Å². The van der Waals surface area contributed by atoms with Crippen molar-refractivity contribution in [3.05, 3.63) is 33.9 Å². The summed E-state index contributed by atoms with van der Waals surface area (Å²) in [7, 11) is -1.37. The highest BCUT2D eigenvalue weighted by Gasteiger charge is 2.32. The Hall–Kier alpha value is -4.08. The summed E-state index contributed by atoms with van der Waals surface area (Å²) in [6, 6.07) is 1.03. The monoisotopic (exact) mass is 442 g/mol. The number of hydrogen-bond acceptors (Lipinski definition) is 12. The van der Waals surface area contributed by atoms with Crippen LogP contribution in [0.1, 0.15) is 10.4 Å². The highest BCUT2D eigenvalue weighted by Crippen LogP contribution is 2.26. The summed E-state index contributed by atoms with van der Waals surface area (Å²) < 4.78 is 40.8. The van der Waals surface area contributed by atoms with E-state index in [-0.39, 0.29) is 12.0 Å². The number of benzene rings is 1. The first-order valence-electron chi connectivity index (χ1n) is 7.66. The molecular weight excluding hydrogens is 428 g/mol. The molecule has 1 aromatic carbocycles. The summed E-state index contributed by atoms with van der Waals surface area (Å²) in [5.41, 5.74) is -1.68. The van der Waals surface area contributed by atoms with Crippen molar-refractivity contribution in [2.45, 2.75) is 4.90 Å². The summed E-state index contributed by atoms with van der Waals surface area (Å²) in [5, 5.41) is 13.2. The number of rotatable bonds is 7. The molecule has 2 N–H and O–H groups in total. The molecule has 0 saturated carbocycles. The molecule has 2 aromatic rings. The van der Waals surface area contributed by atoms with Crippen molar-refractivity contribution in [1.29, 1.82) is 0 Å². The van der Waals surface area contributed by atoms with Gasteiger partial charge < -0.3 is 14.2 Å². The van der Waals surface area contributed by atoms with Gasteiger partial charge in [0.25, 0.3) is 15.7 Å². The molecule has 1 aromatic heterocycles. The van der Waals surface area contributed by atoms with Crippen LogP contribution in [0, 0.1) is 10.1 Å². The number of aromatic nitrogens is 3. The number of nitro groups is 1. The summed E-state index contributed by atoms with van der Waals surface area (Å²) in [6.07, 6.45) is 0. The summed E-state index contributed by atoms with van der Waals surface area (Å²) in [5.74, 6) is -1.70. The summed E-state index contributed by atoms with van der Waals surface area (Å²) >= 11 is 0. The van der Waals surface area contributed by atoms with E-state index < -0.39 is 49.0 Å². The van der Waals surface area contributed by atoms with Crippen molar-refractivity contribution in [3.8, 4) is 12.0 Å². The Morgan fingerprint density at radius 2 is 1.67 bits per heavy atom. The second kappa shape index (κ2) is 8.95. The first-order valence-corrected chi connectivity index (χ1v) is 9.14. The fraction of sp³-hybridized carbons (Fsp3) is 0.214. The Morgan fingerprint density at radius 1 is 1.07 bits per heavy atom. The van der Waals surface area contributed by atoms with Crippen LogP contribution in [0.25, 0.3) is 0 Å². The molecule has 2 rings (SSSR count). The molecule has 0 saturated heterocycles. The van der Waals surface area contributed by atoms with E-state index in [0.717, 1.165) is 25.3 Å². The lowest BCUT2D eigenvalue weighted by Gasteiger charge is -2.11. The molecule has 160 valence electrons. The predicted octanol–water partition coefficient (Wildman–Crippen LogP) is 0.0940. The average Bonchev–Trinajstić information content (AvgIpc) is 2.71. The fourth-order valence-corrected chi connectivity index (χ4v) is 3.20. The van der Waals surface area contributed by atoms with Gasteiger partial charge in [-0.1, -0.05) is 6.07 Å². The first kappa shape index (κ1) is 22.2. The van der Waals surface area contributed by atoms with Gasteiger partial charge in [-0.05, 0) is 6.07 Å². The number of nitro benzene ring substituents is 1. The maximum atomic E-state index is 12.6. The van der Waals surface area contributed by atoms with Gasteiger partial charge in [0.1, 0.15) is 4.90 Å². The van der Waals surface area contributed by atoms with Gasteiger partial charge in [0, 0.05) is 6.07 Å². The largest absolute Gasteiger partial charge is 0.467 e. The number of methoxy groups -OCH3 is 3. The van der Waals surface area contributed by atoms with Gasteiger partial charge in [0.2, 0.25) is 5.95 Å². The van der Waals surface area contributed by atoms with Crippen molar-refractivity contribution in [3.63, 3.8) is 0 Å². The lowest BCUT2D eigenvalue weighted by Crippen LogP contribution is -2.35. The molecule has 0 fully saturated rings. The van der Waals surface area contributed by atoms with Gasteiger partial charge in [-0.15, -0.1) is 4.98 Å². The van der Waals surface area contributed by atoms with Crippen LogP contribution in [0.2, 0.25) is 0 Å². The van der Waals surface area contributed by atoms with Gasteiger partial charge in [-0.3, -0.25) is 15.4 Å². The molecule has 0 atom stereocenters. The van der Waals surface area contributed by atoms with E-state index in [1.807, 2.05) is 5.32 Å². The van der Waals surface area contributed by atoms with Crippen LogP contribution >= 0.6 is 0 Å². The quantitative estimate of drug-likeness (QED) is 0.333. The fourth-order valence-electron chi connectivity index (χ4n) is 2.08. The molecule has 15 nitrogen and oxygen atoms in total. The van der Waals surface area contributed by atoms with Gasteiger partial charge in [0.15, 0.2) is 5.56 Å². The molecule has 30 heavy (non-hydrogen) atoms. The van der Waals surface area contributed by atoms with Crippen molar-refractivity contribution in [2.75, 3.05) is 26.6 Å². The number of amides is 2. The lowest BCUT2D eigenvalue weighted by molar-refractivity contribution is -0.385. The topological polar surface area (TPSA) is 202 Å². The van der Waals surface area contributed by atoms with E-state index >= 15 is 0 Å². The molecule has 0 radical (unpaired) electrons. The molecule has 0 aliphatic rings. The third-order valence-corrected chi connectivity index (χ3v) is 4.67. The van der Waals surface area contributed by atoms with Crippen LogP contribution in [0.3, 0.4) is 0 Å². The maximum absolute atomic E-state index is 12.6. The average molecular weight is 442 g/mol. The molecule has 0 aliphatic carbocycles. The van der Waals surface area contributed by atoms with Gasteiger partial charge >= 0.3 is 24.0 Å². The van der Waals surface area contributed by atoms with Gasteiger partial charge in [0.05, 0.1) is 26.3 Å². The van der Waals surface area contributed by atoms with Crippen molar-refractivity contribution >= 4 is 33.7 Å². The first-order chi connectivity index (χ1) is 14.1. The second-order valence-corrected chi connectivity index (χ2v) is 6.74. The van der Waals surface area contributed by atoms with Crippen LogP contribution in [0.15, 0.2) is 23.1 Å². The Labute approximate surface area is 168 Å². The number of esters is 1. The Balaban J connectivity index is 2.38. The zero-order chi connectivity index (χ0) is 22.5. The predicted molar refractivity (Wildman–Crippen MR) is 96.7 cm³/mol. The summed E-state index contributed by atoms with van der Waals surface area (Å²) in [6.45, 7) is 0. The number of nitrogens with zero attached hydrogens (tertiary/aromatic N) is 4. The van der Waals surface area contributed by atoms with Crippen LogP contribution in [0.4, 0.5) is 16.4 Å². The molecule has 2 amide bonds. The SMILES string of the molecule is COC(=O)c1c([N+](=O)[O-])cccc1S(=O)(=O)NC(=O)Nc1nc(OC)nc(OC)n1. The number of carbonyl (C=O) groups is 2. The van der Waals surface area contributed by atoms with Crippen molar-refractivity contribution < 1.29 is 37.1 Å². The third-order valence-electron chi connectivity index (χ3n) is 3.29. The van der Waals surface area contributed by atoms with Crippen LogP contribution < -0.4 is 19.5 Å². The van der Waals surface area contributed by atoms with Gasteiger partial charge in [-0.25, -0.2) is 22.7 Å². The highest BCUT2D eigenvalue weighted by molar-refractivity contribution is 7.90. The zero-order valence-corrected chi connectivity index (χ0v) is 16.4. The Morgan fingerprint density at radius 3 is 2.17 bits per heavy atom. The normalized spacial score (nSPS) is 10.6. The number of carbonyl (C=O) groups excluding carboxylic acids is 2. The molecule has 0 bridgehead atoms. The Kier molecular flexibility index (Phi) is 6.62. The van der Waals surface area contributed by atoms with E-state index in [0.29, 0.717) is 0 Å². The number of urea groups is 1. The minimum Gasteiger partial charge on any atom is -0.467 e. The number of hydrogen-bond donors (Lipinski definition) is 2. The van der Waals surface area contributed by atoms with Gasteiger partial charge in [-0.2, -0.15) is 9.97 Å². The molecule has 0 spiro atoms. The zero-order valence-electron chi connectivity index (χ0n) is 15.6. The van der Waals surface area contributed by atoms with Crippen LogP contribution in [-0.2, 0) is 14.8 Å². The molecule has 0 aliphatic heterocycles. The molecule has 0 unspecified atom stereocenters. The molecular formula is C14H14N6O9S. The lowest BCUT2D eigenvalue weighted by atomic mass is 10.2. The molecule has 1 heterocycles. The van der Waals surface area contributed by atoms with Crippen LogP contribution in [-0.4, -0.2) is 61.6 Å². The number of nitrogens with one attached hydrogen (secondary N) is 2. The standard InChI is InChI=1S/C14H14N6O9S/c1-27-10(21)9-7(20(23)24)5-4-6-8(9)30(25,26)19-12(22)15-11-16-13(28-2)18-14(17-11)29-3/h4-6H,1-3H3,(H2,15,16,17,18,19,22). The number of ether oxygens (including phenoxy) is 3. The third kappa shape index (κ3) is 4.85. The number of sulfonamides is 1. The maximum Gasteiger partial charge on any atom is 0.346 e. The van der Waals surface area contributed by atoms with E-state index in [9.17, 15) is 28.1 Å². The smallest absolute Gasteiger partial charge is 0.346 e. The highest BCUT2D eigenvalue weighted by atomic mass is 32.2. The summed E-state index contributed by atoms with van der Waals surface area (Å²) in [4.78, 5) is 44.5. The van der Waals surface area contributed by atoms with Crippen LogP contribution in [0.5, 0.6) is 12.0 Å².